The normalized spacial score (nSPS) is 12.9. The Morgan fingerprint density at radius 3 is 2.45 bits per heavy atom. The molecule has 2 aromatic carbocycles. The molecular formula is C24H26FN3O3. The van der Waals surface area contributed by atoms with Crippen molar-refractivity contribution in [3.63, 3.8) is 0 Å². The van der Waals surface area contributed by atoms with Gasteiger partial charge in [-0.2, -0.15) is 0 Å². The number of nitrogens with zero attached hydrogens (tertiary/aromatic N) is 1. The molecule has 0 spiro atoms. The predicted molar refractivity (Wildman–Crippen MR) is 116 cm³/mol. The third-order valence-corrected chi connectivity index (χ3v) is 4.98. The van der Waals surface area contributed by atoms with E-state index in [0.29, 0.717) is 6.42 Å². The van der Waals surface area contributed by atoms with E-state index in [0.717, 1.165) is 11.1 Å². The zero-order chi connectivity index (χ0) is 22.2. The van der Waals surface area contributed by atoms with Gasteiger partial charge in [0.2, 0.25) is 5.91 Å². The van der Waals surface area contributed by atoms with Crippen molar-refractivity contribution < 1.29 is 18.4 Å². The number of amides is 2. The summed E-state index contributed by atoms with van der Waals surface area (Å²) < 4.78 is 18.8. The van der Waals surface area contributed by atoms with Crippen LogP contribution in [0.4, 0.5) is 4.39 Å². The van der Waals surface area contributed by atoms with E-state index in [1.807, 2.05) is 55.4 Å². The lowest BCUT2D eigenvalue weighted by atomic mass is 10.0. The average Bonchev–Trinajstić information content (AvgIpc) is 3.29. The van der Waals surface area contributed by atoms with Crippen molar-refractivity contribution in [1.82, 2.24) is 15.5 Å². The number of hydrogen-bond donors (Lipinski definition) is 2. The average molecular weight is 423 g/mol. The summed E-state index contributed by atoms with van der Waals surface area (Å²) in [5, 5.41) is 5.66. The first kappa shape index (κ1) is 22.2. The molecule has 6 nitrogen and oxygen atoms in total. The Balaban J connectivity index is 1.72. The zero-order valence-electron chi connectivity index (χ0n) is 17.5. The molecule has 0 bridgehead atoms. The largest absolute Gasteiger partial charge is 0.459 e. The first-order chi connectivity index (χ1) is 14.9. The maximum atomic E-state index is 13.7. The SMILES string of the molecule is CN(C)C(CNC(=O)C(Cc1ccccc1)NC(=O)c1ccco1)c1cccc(F)c1. The molecule has 0 aliphatic heterocycles. The molecule has 162 valence electrons. The third kappa shape index (κ3) is 6.26. The highest BCUT2D eigenvalue weighted by Gasteiger charge is 2.24. The van der Waals surface area contributed by atoms with Gasteiger partial charge in [0.25, 0.3) is 5.91 Å². The summed E-state index contributed by atoms with van der Waals surface area (Å²) in [6.45, 7) is 0.261. The smallest absolute Gasteiger partial charge is 0.287 e. The second-order valence-electron chi connectivity index (χ2n) is 7.47. The van der Waals surface area contributed by atoms with E-state index < -0.39 is 11.9 Å². The third-order valence-electron chi connectivity index (χ3n) is 4.98. The minimum absolute atomic E-state index is 0.136. The van der Waals surface area contributed by atoms with Gasteiger partial charge in [-0.15, -0.1) is 0 Å². The molecule has 7 heteroatoms. The van der Waals surface area contributed by atoms with Crippen molar-refractivity contribution in [3.05, 3.63) is 95.7 Å². The summed E-state index contributed by atoms with van der Waals surface area (Å²) in [5.74, 6) is -0.984. The Hall–Kier alpha value is -3.45. The van der Waals surface area contributed by atoms with Crippen molar-refractivity contribution in [1.29, 1.82) is 0 Å². The van der Waals surface area contributed by atoms with Crippen LogP contribution in [0.2, 0.25) is 0 Å². The maximum Gasteiger partial charge on any atom is 0.287 e. The van der Waals surface area contributed by atoms with E-state index in [1.54, 1.807) is 18.2 Å². The fourth-order valence-corrected chi connectivity index (χ4v) is 3.33. The van der Waals surface area contributed by atoms with Gasteiger partial charge in [0.1, 0.15) is 11.9 Å². The number of benzene rings is 2. The van der Waals surface area contributed by atoms with Crippen LogP contribution in [-0.4, -0.2) is 43.4 Å². The van der Waals surface area contributed by atoms with Crippen LogP contribution in [0.25, 0.3) is 0 Å². The monoisotopic (exact) mass is 423 g/mol. The summed E-state index contributed by atoms with van der Waals surface area (Å²) in [6.07, 6.45) is 1.73. The second kappa shape index (κ2) is 10.5. The van der Waals surface area contributed by atoms with Crippen molar-refractivity contribution in [2.45, 2.75) is 18.5 Å². The summed E-state index contributed by atoms with van der Waals surface area (Å²) >= 11 is 0. The van der Waals surface area contributed by atoms with E-state index >= 15 is 0 Å². The summed E-state index contributed by atoms with van der Waals surface area (Å²) in [4.78, 5) is 27.4. The Bertz CT molecular complexity index is 990. The van der Waals surface area contributed by atoms with Gasteiger partial charge in [-0.3, -0.25) is 9.59 Å². The van der Waals surface area contributed by atoms with Gasteiger partial charge < -0.3 is 20.0 Å². The maximum absolute atomic E-state index is 13.7. The number of furan rings is 1. The van der Waals surface area contributed by atoms with Gasteiger partial charge in [-0.1, -0.05) is 42.5 Å². The van der Waals surface area contributed by atoms with Crippen LogP contribution in [0.15, 0.2) is 77.4 Å². The Morgan fingerprint density at radius 2 is 1.81 bits per heavy atom. The fraction of sp³-hybridized carbons (Fsp3) is 0.250. The highest BCUT2D eigenvalue weighted by atomic mass is 19.1. The first-order valence-electron chi connectivity index (χ1n) is 10.0. The van der Waals surface area contributed by atoms with Gasteiger partial charge >= 0.3 is 0 Å². The number of carbonyl (C=O) groups is 2. The van der Waals surface area contributed by atoms with Crippen LogP contribution >= 0.6 is 0 Å². The van der Waals surface area contributed by atoms with E-state index in [1.165, 1.54) is 18.4 Å². The van der Waals surface area contributed by atoms with Crippen molar-refractivity contribution in [2.24, 2.45) is 0 Å². The van der Waals surface area contributed by atoms with Gasteiger partial charge in [-0.25, -0.2) is 4.39 Å². The Morgan fingerprint density at radius 1 is 1.03 bits per heavy atom. The molecule has 2 unspecified atom stereocenters. The number of likely N-dealkylation sites (N-methyl/N-ethyl adjacent to an activating group) is 1. The van der Waals surface area contributed by atoms with Gasteiger partial charge in [-0.05, 0) is 49.5 Å². The molecular weight excluding hydrogens is 397 g/mol. The van der Waals surface area contributed by atoms with Crippen LogP contribution in [-0.2, 0) is 11.2 Å². The molecule has 1 heterocycles. The number of carbonyl (C=O) groups excluding carboxylic acids is 2. The molecule has 31 heavy (non-hydrogen) atoms. The first-order valence-corrected chi connectivity index (χ1v) is 10.0. The van der Waals surface area contributed by atoms with Crippen LogP contribution in [0.3, 0.4) is 0 Å². The Labute approximate surface area is 181 Å². The minimum Gasteiger partial charge on any atom is -0.459 e. The number of rotatable bonds is 9. The molecule has 1 aromatic heterocycles. The molecule has 0 aliphatic rings. The van der Waals surface area contributed by atoms with E-state index in [4.69, 9.17) is 4.42 Å². The van der Waals surface area contributed by atoms with E-state index in [9.17, 15) is 14.0 Å². The molecule has 0 radical (unpaired) electrons. The van der Waals surface area contributed by atoms with Crippen molar-refractivity contribution in [2.75, 3.05) is 20.6 Å². The van der Waals surface area contributed by atoms with E-state index in [-0.39, 0.29) is 30.1 Å². The molecule has 2 N–H and O–H groups in total. The molecule has 2 amide bonds. The molecule has 3 aromatic rings. The van der Waals surface area contributed by atoms with Gasteiger partial charge in [0.15, 0.2) is 5.76 Å². The lowest BCUT2D eigenvalue weighted by molar-refractivity contribution is -0.123. The molecule has 2 atom stereocenters. The van der Waals surface area contributed by atoms with E-state index in [2.05, 4.69) is 10.6 Å². The highest BCUT2D eigenvalue weighted by Crippen LogP contribution is 2.18. The van der Waals surface area contributed by atoms with Crippen LogP contribution in [0.1, 0.15) is 27.7 Å². The number of hydrogen-bond acceptors (Lipinski definition) is 4. The summed E-state index contributed by atoms with van der Waals surface area (Å²) in [7, 11) is 3.73. The van der Waals surface area contributed by atoms with Crippen LogP contribution in [0.5, 0.6) is 0 Å². The van der Waals surface area contributed by atoms with Gasteiger partial charge in [0.05, 0.1) is 12.3 Å². The topological polar surface area (TPSA) is 74.6 Å². The molecule has 0 aliphatic carbocycles. The fourth-order valence-electron chi connectivity index (χ4n) is 3.33. The van der Waals surface area contributed by atoms with Crippen LogP contribution in [0, 0.1) is 5.82 Å². The number of halogens is 1. The standard InChI is InChI=1S/C24H26FN3O3/c1-28(2)21(18-10-6-11-19(25)15-18)16-26-23(29)20(14-17-8-4-3-5-9-17)27-24(30)22-12-7-13-31-22/h3-13,15,20-21H,14,16H2,1-2H3,(H,26,29)(H,27,30). The second-order valence-corrected chi connectivity index (χ2v) is 7.47. The molecule has 3 rings (SSSR count). The highest BCUT2D eigenvalue weighted by molar-refractivity contribution is 5.95. The summed E-state index contributed by atoms with van der Waals surface area (Å²) in [6, 6.07) is 17.9. The minimum atomic E-state index is -0.796. The molecule has 0 saturated carbocycles. The lowest BCUT2D eigenvalue weighted by Crippen LogP contribution is -2.49. The van der Waals surface area contributed by atoms with Gasteiger partial charge in [0, 0.05) is 13.0 Å². The number of nitrogens with one attached hydrogen (secondary N) is 2. The molecule has 0 saturated heterocycles. The van der Waals surface area contributed by atoms with Crippen molar-refractivity contribution in [3.8, 4) is 0 Å². The lowest BCUT2D eigenvalue weighted by Gasteiger charge is -2.26. The predicted octanol–water partition coefficient (Wildman–Crippen LogP) is 3.18. The quantitative estimate of drug-likeness (QED) is 0.554. The van der Waals surface area contributed by atoms with Crippen molar-refractivity contribution >= 4 is 11.8 Å². The van der Waals surface area contributed by atoms with Crippen LogP contribution < -0.4 is 10.6 Å². The molecule has 0 fully saturated rings. The zero-order valence-corrected chi connectivity index (χ0v) is 17.5. The summed E-state index contributed by atoms with van der Waals surface area (Å²) in [5.41, 5.74) is 1.67. The Kier molecular flexibility index (Phi) is 7.56.